The number of carbonyl (C=O) groups is 1. The molecular weight excluding hydrogens is 473 g/mol. The number of hydrogen-bond acceptors (Lipinski definition) is 5. The van der Waals surface area contributed by atoms with Gasteiger partial charge in [-0.3, -0.25) is 0 Å². The molecule has 5 nitrogen and oxygen atoms in total. The number of alkyl halides is 3. The third-order valence-electron chi connectivity index (χ3n) is 6.39. The maximum absolute atomic E-state index is 12.5. The molecule has 1 fully saturated rings. The van der Waals surface area contributed by atoms with Gasteiger partial charge in [-0.15, -0.1) is 13.2 Å². The summed E-state index contributed by atoms with van der Waals surface area (Å²) in [6.45, 7) is 3.64. The highest BCUT2D eigenvalue weighted by atomic mass is 19.4. The maximum Gasteiger partial charge on any atom is 0.573 e. The maximum atomic E-state index is 12.5. The van der Waals surface area contributed by atoms with Crippen LogP contribution in [0.5, 0.6) is 17.2 Å². The molecule has 3 aromatic rings. The van der Waals surface area contributed by atoms with Crippen molar-refractivity contribution in [2.75, 3.05) is 13.2 Å². The van der Waals surface area contributed by atoms with Crippen molar-refractivity contribution in [1.29, 1.82) is 0 Å². The fourth-order valence-electron chi connectivity index (χ4n) is 4.47. The van der Waals surface area contributed by atoms with Crippen LogP contribution < -0.4 is 14.2 Å². The normalized spacial score (nSPS) is 17.8. The van der Waals surface area contributed by atoms with E-state index in [1.165, 1.54) is 12.1 Å². The lowest BCUT2D eigenvalue weighted by Gasteiger charge is -2.11. The first-order valence-electron chi connectivity index (χ1n) is 11.9. The van der Waals surface area contributed by atoms with E-state index in [4.69, 9.17) is 14.2 Å². The third-order valence-corrected chi connectivity index (χ3v) is 6.39. The summed E-state index contributed by atoms with van der Waals surface area (Å²) in [6, 6.07) is 16.2. The molecule has 36 heavy (non-hydrogen) atoms. The van der Waals surface area contributed by atoms with E-state index >= 15 is 0 Å². The van der Waals surface area contributed by atoms with Gasteiger partial charge in [0.1, 0.15) is 17.2 Å². The van der Waals surface area contributed by atoms with Gasteiger partial charge in [-0.25, -0.2) is 4.79 Å². The van der Waals surface area contributed by atoms with Gasteiger partial charge in [0.25, 0.3) is 0 Å². The number of epoxide rings is 1. The van der Waals surface area contributed by atoms with Gasteiger partial charge in [0, 0.05) is 5.92 Å². The predicted molar refractivity (Wildman–Crippen MR) is 127 cm³/mol. The minimum Gasteiger partial charge on any atom is -0.494 e. The van der Waals surface area contributed by atoms with Crippen LogP contribution in [-0.4, -0.2) is 31.6 Å². The van der Waals surface area contributed by atoms with Crippen molar-refractivity contribution >= 4 is 5.97 Å². The van der Waals surface area contributed by atoms with Crippen LogP contribution >= 0.6 is 0 Å². The summed E-state index contributed by atoms with van der Waals surface area (Å²) in [5, 5.41) is 0. The second kappa shape index (κ2) is 9.85. The van der Waals surface area contributed by atoms with Gasteiger partial charge in [-0.05, 0) is 90.0 Å². The predicted octanol–water partition coefficient (Wildman–Crippen LogP) is 6.88. The number of rotatable bonds is 9. The van der Waals surface area contributed by atoms with Gasteiger partial charge in [-0.2, -0.15) is 0 Å². The van der Waals surface area contributed by atoms with Crippen molar-refractivity contribution in [3.63, 3.8) is 0 Å². The Bertz CT molecular complexity index is 1250. The second-order valence-corrected chi connectivity index (χ2v) is 8.98. The SMILES string of the molecule is CC1c2cc(OCCCCC3CO3)ccc2-c2ccc(OC(=O)c3ccc(OC(F)(F)F)cc3)cc21. The van der Waals surface area contributed by atoms with E-state index < -0.39 is 18.1 Å². The first-order valence-corrected chi connectivity index (χ1v) is 11.9. The zero-order valence-electron chi connectivity index (χ0n) is 19.6. The molecule has 0 radical (unpaired) electrons. The second-order valence-electron chi connectivity index (χ2n) is 8.98. The molecule has 0 spiro atoms. The molecule has 1 aliphatic heterocycles. The average Bonchev–Trinajstić information content (AvgIpc) is 3.63. The van der Waals surface area contributed by atoms with Crippen LogP contribution in [0.25, 0.3) is 11.1 Å². The van der Waals surface area contributed by atoms with Gasteiger partial charge in [-0.1, -0.05) is 19.1 Å². The van der Waals surface area contributed by atoms with Crippen LogP contribution in [0, 0.1) is 0 Å². The van der Waals surface area contributed by atoms with Gasteiger partial charge >= 0.3 is 12.3 Å². The number of halogens is 3. The van der Waals surface area contributed by atoms with Crippen molar-refractivity contribution in [2.45, 2.75) is 44.6 Å². The molecule has 1 saturated heterocycles. The fraction of sp³-hybridized carbons (Fsp3) is 0.321. The van der Waals surface area contributed by atoms with Gasteiger partial charge in [0.05, 0.1) is 24.9 Å². The van der Waals surface area contributed by atoms with Crippen molar-refractivity contribution in [3.8, 4) is 28.4 Å². The van der Waals surface area contributed by atoms with Crippen LogP contribution in [0.4, 0.5) is 13.2 Å². The molecule has 1 heterocycles. The zero-order chi connectivity index (χ0) is 25.3. The third kappa shape index (κ3) is 5.65. The molecular formula is C28H25F3O5. The van der Waals surface area contributed by atoms with E-state index in [0.717, 1.165) is 66.0 Å². The van der Waals surface area contributed by atoms with Gasteiger partial charge < -0.3 is 18.9 Å². The topological polar surface area (TPSA) is 57.3 Å². The molecule has 8 heteroatoms. The van der Waals surface area contributed by atoms with Crippen molar-refractivity contribution in [3.05, 3.63) is 77.4 Å². The van der Waals surface area contributed by atoms with Crippen LogP contribution in [0.2, 0.25) is 0 Å². The van der Waals surface area contributed by atoms with E-state index in [0.29, 0.717) is 18.5 Å². The number of fused-ring (bicyclic) bond motifs is 3. The quantitative estimate of drug-likeness (QED) is 0.139. The Labute approximate surface area is 206 Å². The monoisotopic (exact) mass is 498 g/mol. The average molecular weight is 498 g/mol. The van der Waals surface area contributed by atoms with Crippen LogP contribution in [0.1, 0.15) is 53.6 Å². The van der Waals surface area contributed by atoms with Crippen molar-refractivity contribution in [2.24, 2.45) is 0 Å². The highest BCUT2D eigenvalue weighted by Gasteiger charge is 2.31. The molecule has 0 N–H and O–H groups in total. The Morgan fingerprint density at radius 2 is 1.53 bits per heavy atom. The van der Waals surface area contributed by atoms with Gasteiger partial charge in [0.2, 0.25) is 0 Å². The summed E-state index contributed by atoms with van der Waals surface area (Å²) in [5.41, 5.74) is 4.49. The summed E-state index contributed by atoms with van der Waals surface area (Å²) in [4.78, 5) is 12.5. The molecule has 2 aliphatic rings. The lowest BCUT2D eigenvalue weighted by atomic mass is 9.99. The number of ether oxygens (including phenoxy) is 4. The molecule has 2 unspecified atom stereocenters. The first kappa shape index (κ1) is 24.2. The molecule has 2 atom stereocenters. The number of unbranched alkanes of at least 4 members (excludes halogenated alkanes) is 1. The summed E-state index contributed by atoms with van der Waals surface area (Å²) in [6.07, 6.45) is -1.18. The molecule has 0 bridgehead atoms. The van der Waals surface area contributed by atoms with E-state index in [9.17, 15) is 18.0 Å². The first-order chi connectivity index (χ1) is 17.3. The highest BCUT2D eigenvalue weighted by Crippen LogP contribution is 2.47. The summed E-state index contributed by atoms with van der Waals surface area (Å²) in [7, 11) is 0. The Morgan fingerprint density at radius 3 is 2.17 bits per heavy atom. The Morgan fingerprint density at radius 1 is 0.917 bits per heavy atom. The molecule has 0 saturated carbocycles. The van der Waals surface area contributed by atoms with E-state index in [2.05, 4.69) is 23.8 Å². The standard InChI is InChI=1S/C28H25F3O5/c1-17-25-14-20(33-13-3-2-4-22-16-34-22)9-11-23(25)24-12-10-21(15-26(17)24)35-27(32)18-5-7-19(8-6-18)36-28(29,30)31/h5-12,14-15,17,22H,2-4,13,16H2,1H3. The fourth-order valence-corrected chi connectivity index (χ4v) is 4.47. The van der Waals surface area contributed by atoms with Crippen molar-refractivity contribution < 1.29 is 36.9 Å². The molecule has 1 aliphatic carbocycles. The number of hydrogen-bond donors (Lipinski definition) is 0. The smallest absolute Gasteiger partial charge is 0.494 e. The zero-order valence-corrected chi connectivity index (χ0v) is 19.6. The minimum absolute atomic E-state index is 0.0861. The molecule has 5 rings (SSSR count). The Hall–Kier alpha value is -3.52. The molecule has 3 aromatic carbocycles. The van der Waals surface area contributed by atoms with Crippen LogP contribution in [0.3, 0.4) is 0 Å². The lowest BCUT2D eigenvalue weighted by molar-refractivity contribution is -0.274. The summed E-state index contributed by atoms with van der Waals surface area (Å²) >= 11 is 0. The highest BCUT2D eigenvalue weighted by molar-refractivity contribution is 5.91. The van der Waals surface area contributed by atoms with Crippen LogP contribution in [0.15, 0.2) is 60.7 Å². The number of benzene rings is 3. The molecule has 0 amide bonds. The van der Waals surface area contributed by atoms with E-state index in [-0.39, 0.29) is 11.5 Å². The minimum atomic E-state index is -4.79. The van der Waals surface area contributed by atoms with Crippen molar-refractivity contribution in [1.82, 2.24) is 0 Å². The summed E-state index contributed by atoms with van der Waals surface area (Å²) < 4.78 is 57.5. The molecule has 0 aromatic heterocycles. The Kier molecular flexibility index (Phi) is 6.62. The van der Waals surface area contributed by atoms with E-state index in [1.807, 2.05) is 18.2 Å². The summed E-state index contributed by atoms with van der Waals surface area (Å²) in [5.74, 6) is 0.217. The largest absolute Gasteiger partial charge is 0.573 e. The van der Waals surface area contributed by atoms with Gasteiger partial charge in [0.15, 0.2) is 0 Å². The lowest BCUT2D eigenvalue weighted by Crippen LogP contribution is -2.17. The van der Waals surface area contributed by atoms with E-state index in [1.54, 1.807) is 6.07 Å². The Balaban J connectivity index is 1.22. The van der Waals surface area contributed by atoms with Crippen LogP contribution in [-0.2, 0) is 4.74 Å². The number of esters is 1. The molecule has 188 valence electrons. The number of carbonyl (C=O) groups excluding carboxylic acids is 1.